The Morgan fingerprint density at radius 1 is 1.21 bits per heavy atom. The van der Waals surface area contributed by atoms with Crippen molar-refractivity contribution in [3.63, 3.8) is 0 Å². The molecule has 3 rings (SSSR count). The first kappa shape index (κ1) is 16.6. The minimum Gasteiger partial charge on any atom is -0.350 e. The lowest BCUT2D eigenvalue weighted by Crippen LogP contribution is -2.27. The molecule has 8 heteroatoms. The maximum absolute atomic E-state index is 13.7. The molecule has 1 saturated heterocycles. The maximum Gasteiger partial charge on any atom is 0.433 e. The third-order valence-electron chi connectivity index (χ3n) is 3.90. The molecule has 1 unspecified atom stereocenters. The third kappa shape index (κ3) is 4.00. The highest BCUT2D eigenvalue weighted by atomic mass is 19.4. The van der Waals surface area contributed by atoms with Crippen LogP contribution in [0.25, 0.3) is 0 Å². The standard InChI is InChI=1S/C16H16F4N4/c17-13-4-2-1-3-11(13)9-24-8-6-12(10-24)22-15-21-7-5-14(23-15)16(18,19)20/h1-5,7,12H,6,8-10H2,(H,21,22,23). The fraction of sp³-hybridized carbons (Fsp3) is 0.375. The first-order valence-electron chi connectivity index (χ1n) is 7.54. The van der Waals surface area contributed by atoms with Crippen molar-refractivity contribution in [3.05, 3.63) is 53.6 Å². The van der Waals surface area contributed by atoms with Gasteiger partial charge in [0.05, 0.1) is 0 Å². The van der Waals surface area contributed by atoms with Crippen LogP contribution < -0.4 is 5.32 Å². The smallest absolute Gasteiger partial charge is 0.350 e. The molecule has 1 aromatic carbocycles. The summed E-state index contributed by atoms with van der Waals surface area (Å²) in [6.45, 7) is 1.78. The Hall–Kier alpha value is -2.22. The Morgan fingerprint density at radius 2 is 2.00 bits per heavy atom. The van der Waals surface area contributed by atoms with E-state index < -0.39 is 11.9 Å². The van der Waals surface area contributed by atoms with Gasteiger partial charge in [-0.2, -0.15) is 13.2 Å². The van der Waals surface area contributed by atoms with Gasteiger partial charge in [-0.25, -0.2) is 14.4 Å². The van der Waals surface area contributed by atoms with Crippen LogP contribution in [0.4, 0.5) is 23.5 Å². The number of alkyl halides is 3. The Morgan fingerprint density at radius 3 is 2.75 bits per heavy atom. The second-order valence-electron chi connectivity index (χ2n) is 5.72. The van der Waals surface area contributed by atoms with Gasteiger partial charge in [0.15, 0.2) is 0 Å². The number of aromatic nitrogens is 2. The van der Waals surface area contributed by atoms with Crippen molar-refractivity contribution in [2.75, 3.05) is 18.4 Å². The largest absolute Gasteiger partial charge is 0.433 e. The summed E-state index contributed by atoms with van der Waals surface area (Å²) in [5.74, 6) is -0.294. The summed E-state index contributed by atoms with van der Waals surface area (Å²) >= 11 is 0. The van der Waals surface area contributed by atoms with Crippen LogP contribution in [-0.4, -0.2) is 34.0 Å². The molecule has 1 aliphatic rings. The van der Waals surface area contributed by atoms with Gasteiger partial charge in [0, 0.05) is 37.4 Å². The van der Waals surface area contributed by atoms with Gasteiger partial charge in [-0.05, 0) is 18.6 Å². The van der Waals surface area contributed by atoms with Gasteiger partial charge in [0.1, 0.15) is 11.5 Å². The number of nitrogens with zero attached hydrogens (tertiary/aromatic N) is 3. The number of rotatable bonds is 4. The minimum absolute atomic E-state index is 0.0393. The Balaban J connectivity index is 1.60. The zero-order chi connectivity index (χ0) is 17.2. The fourth-order valence-electron chi connectivity index (χ4n) is 2.73. The second-order valence-corrected chi connectivity index (χ2v) is 5.72. The van der Waals surface area contributed by atoms with E-state index in [-0.39, 0.29) is 17.8 Å². The van der Waals surface area contributed by atoms with E-state index >= 15 is 0 Å². The Labute approximate surface area is 136 Å². The van der Waals surface area contributed by atoms with Gasteiger partial charge >= 0.3 is 6.18 Å². The molecule has 24 heavy (non-hydrogen) atoms. The third-order valence-corrected chi connectivity index (χ3v) is 3.90. The second kappa shape index (κ2) is 6.72. The molecule has 1 fully saturated rings. The zero-order valence-electron chi connectivity index (χ0n) is 12.7. The fourth-order valence-corrected chi connectivity index (χ4v) is 2.73. The van der Waals surface area contributed by atoms with Gasteiger partial charge in [-0.15, -0.1) is 0 Å². The number of hydrogen-bond acceptors (Lipinski definition) is 4. The number of hydrogen-bond donors (Lipinski definition) is 1. The highest BCUT2D eigenvalue weighted by molar-refractivity contribution is 5.28. The van der Waals surface area contributed by atoms with E-state index in [0.29, 0.717) is 18.7 Å². The van der Waals surface area contributed by atoms with Crippen LogP contribution in [0.5, 0.6) is 0 Å². The van der Waals surface area contributed by atoms with Gasteiger partial charge in [-0.3, -0.25) is 4.90 Å². The maximum atomic E-state index is 13.7. The molecule has 4 nitrogen and oxygen atoms in total. The zero-order valence-corrected chi connectivity index (χ0v) is 12.7. The van der Waals surface area contributed by atoms with Gasteiger partial charge in [0.25, 0.3) is 0 Å². The van der Waals surface area contributed by atoms with E-state index in [1.54, 1.807) is 18.2 Å². The highest BCUT2D eigenvalue weighted by Crippen LogP contribution is 2.28. The molecule has 0 bridgehead atoms. The van der Waals surface area contributed by atoms with Crippen LogP contribution in [-0.2, 0) is 12.7 Å². The summed E-state index contributed by atoms with van der Waals surface area (Å²) in [5.41, 5.74) is -0.366. The first-order valence-corrected chi connectivity index (χ1v) is 7.54. The number of nitrogens with one attached hydrogen (secondary N) is 1. The number of benzene rings is 1. The van der Waals surface area contributed by atoms with Crippen LogP contribution >= 0.6 is 0 Å². The molecular weight excluding hydrogens is 324 g/mol. The van der Waals surface area contributed by atoms with Crippen LogP contribution in [0.2, 0.25) is 0 Å². The van der Waals surface area contributed by atoms with Crippen molar-refractivity contribution >= 4 is 5.95 Å². The molecule has 2 aromatic rings. The average molecular weight is 340 g/mol. The summed E-state index contributed by atoms with van der Waals surface area (Å²) in [5, 5.41) is 2.93. The van der Waals surface area contributed by atoms with E-state index in [0.717, 1.165) is 25.2 Å². The summed E-state index contributed by atoms with van der Waals surface area (Å²) in [6, 6.07) is 7.33. The van der Waals surface area contributed by atoms with E-state index in [1.165, 1.54) is 6.07 Å². The first-order chi connectivity index (χ1) is 11.4. The quantitative estimate of drug-likeness (QED) is 0.867. The molecule has 1 N–H and O–H groups in total. The van der Waals surface area contributed by atoms with Gasteiger partial charge < -0.3 is 5.32 Å². The summed E-state index contributed by atoms with van der Waals surface area (Å²) in [6.07, 6.45) is -2.68. The van der Waals surface area contributed by atoms with Crippen molar-refractivity contribution in [1.82, 2.24) is 14.9 Å². The number of likely N-dealkylation sites (tertiary alicyclic amines) is 1. The summed E-state index contributed by atoms with van der Waals surface area (Å²) in [7, 11) is 0. The molecule has 0 saturated carbocycles. The number of anilines is 1. The average Bonchev–Trinajstić information content (AvgIpc) is 2.96. The predicted octanol–water partition coefficient (Wildman–Crippen LogP) is 3.32. The summed E-state index contributed by atoms with van der Waals surface area (Å²) < 4.78 is 51.7. The Kier molecular flexibility index (Phi) is 4.66. The lowest BCUT2D eigenvalue weighted by Gasteiger charge is -2.17. The topological polar surface area (TPSA) is 41.0 Å². The molecule has 1 aliphatic heterocycles. The van der Waals surface area contributed by atoms with Crippen molar-refractivity contribution in [3.8, 4) is 0 Å². The molecule has 0 amide bonds. The normalized spacial score (nSPS) is 18.8. The Bertz CT molecular complexity index is 704. The predicted molar refractivity (Wildman–Crippen MR) is 80.7 cm³/mol. The van der Waals surface area contributed by atoms with Crippen LogP contribution in [0.1, 0.15) is 17.7 Å². The van der Waals surface area contributed by atoms with Crippen molar-refractivity contribution < 1.29 is 17.6 Å². The lowest BCUT2D eigenvalue weighted by molar-refractivity contribution is -0.141. The van der Waals surface area contributed by atoms with Gasteiger partial charge in [0.2, 0.25) is 5.95 Å². The molecule has 1 atom stereocenters. The molecule has 128 valence electrons. The van der Waals surface area contributed by atoms with Crippen molar-refractivity contribution in [2.45, 2.75) is 25.2 Å². The van der Waals surface area contributed by atoms with Crippen LogP contribution in [0.3, 0.4) is 0 Å². The van der Waals surface area contributed by atoms with E-state index in [4.69, 9.17) is 0 Å². The van der Waals surface area contributed by atoms with E-state index in [9.17, 15) is 17.6 Å². The van der Waals surface area contributed by atoms with Crippen molar-refractivity contribution in [1.29, 1.82) is 0 Å². The lowest BCUT2D eigenvalue weighted by atomic mass is 10.2. The monoisotopic (exact) mass is 340 g/mol. The molecular formula is C16H16F4N4. The van der Waals surface area contributed by atoms with Crippen molar-refractivity contribution in [2.24, 2.45) is 0 Å². The van der Waals surface area contributed by atoms with Crippen LogP contribution in [0, 0.1) is 5.82 Å². The molecule has 2 heterocycles. The minimum atomic E-state index is -4.49. The molecule has 0 radical (unpaired) electrons. The van der Waals surface area contributed by atoms with E-state index in [1.807, 2.05) is 4.90 Å². The molecule has 1 aromatic heterocycles. The molecule has 0 aliphatic carbocycles. The number of halogens is 4. The highest BCUT2D eigenvalue weighted by Gasteiger charge is 2.33. The van der Waals surface area contributed by atoms with Gasteiger partial charge in [-0.1, -0.05) is 18.2 Å². The van der Waals surface area contributed by atoms with E-state index in [2.05, 4.69) is 15.3 Å². The molecule has 0 spiro atoms. The summed E-state index contributed by atoms with van der Waals surface area (Å²) in [4.78, 5) is 9.39. The SMILES string of the molecule is Fc1ccccc1CN1CCC(Nc2nccc(C(F)(F)F)n2)C1. The van der Waals surface area contributed by atoms with Crippen LogP contribution in [0.15, 0.2) is 36.5 Å².